The fraction of sp³-hybridized carbons (Fsp3) is 0.375. The molecule has 2 saturated carbocycles. The van der Waals surface area contributed by atoms with Gasteiger partial charge in [0.15, 0.2) is 11.6 Å². The number of halogens is 4. The van der Waals surface area contributed by atoms with E-state index in [0.717, 1.165) is 49.3 Å². The maximum Gasteiger partial charge on any atom is 0.335 e. The number of aromatic carboxylic acids is 1. The van der Waals surface area contributed by atoms with E-state index in [0.29, 0.717) is 21.4 Å². The molecule has 1 N–H and O–H groups in total. The van der Waals surface area contributed by atoms with Gasteiger partial charge in [0.05, 0.1) is 34.9 Å². The van der Waals surface area contributed by atoms with Crippen LogP contribution in [0.3, 0.4) is 0 Å². The molecule has 0 saturated heterocycles. The summed E-state index contributed by atoms with van der Waals surface area (Å²) in [4.78, 5) is 30.9. The van der Waals surface area contributed by atoms with Crippen molar-refractivity contribution in [2.24, 2.45) is 0 Å². The minimum atomic E-state index is -5.14. The second-order valence-electron chi connectivity index (χ2n) is 15.1. The largest absolute Gasteiger partial charge is 0.488 e. The fourth-order valence-corrected chi connectivity index (χ4v) is 8.69. The van der Waals surface area contributed by atoms with Crippen LogP contribution < -0.4 is 9.64 Å². The molecular formula is C40H41BrF3N3O6S. The Morgan fingerprint density at radius 2 is 1.67 bits per heavy atom. The first-order valence-corrected chi connectivity index (χ1v) is 19.8. The highest BCUT2D eigenvalue weighted by molar-refractivity contribution is 9.10. The van der Waals surface area contributed by atoms with Gasteiger partial charge in [0, 0.05) is 24.5 Å². The molecule has 6 rings (SSSR count). The van der Waals surface area contributed by atoms with Crippen LogP contribution in [0, 0.1) is 31.3 Å². The Balaban J connectivity index is 1.50. The Kier molecular flexibility index (Phi) is 11.0. The molecular weight excluding hydrogens is 787 g/mol. The molecule has 0 aliphatic heterocycles. The van der Waals surface area contributed by atoms with Crippen LogP contribution in [0.25, 0.3) is 0 Å². The number of carboxylic acid groups (broad SMARTS) is 1. The van der Waals surface area contributed by atoms with Crippen molar-refractivity contribution in [3.05, 3.63) is 116 Å². The van der Waals surface area contributed by atoms with E-state index in [2.05, 4.69) is 47.8 Å². The van der Waals surface area contributed by atoms with Gasteiger partial charge in [-0.15, -0.1) is 0 Å². The van der Waals surface area contributed by atoms with Crippen molar-refractivity contribution in [1.29, 1.82) is 0 Å². The lowest BCUT2D eigenvalue weighted by atomic mass is 9.84. The van der Waals surface area contributed by atoms with Gasteiger partial charge in [-0.2, -0.15) is 4.31 Å². The molecule has 1 heterocycles. The van der Waals surface area contributed by atoms with Gasteiger partial charge in [0.25, 0.3) is 0 Å². The molecule has 2 aliphatic carbocycles. The average molecular weight is 829 g/mol. The Hall–Kier alpha value is -4.27. The normalized spacial score (nSPS) is 14.7. The summed E-state index contributed by atoms with van der Waals surface area (Å²) < 4.78 is 80.6. The molecule has 0 atom stereocenters. The third-order valence-corrected chi connectivity index (χ3v) is 12.6. The van der Waals surface area contributed by atoms with Crippen molar-refractivity contribution >= 4 is 43.5 Å². The highest BCUT2D eigenvalue weighted by atomic mass is 79.9. The van der Waals surface area contributed by atoms with Crippen molar-refractivity contribution < 1.29 is 41.0 Å². The minimum absolute atomic E-state index is 0.0655. The van der Waals surface area contributed by atoms with Crippen molar-refractivity contribution in [3.63, 3.8) is 0 Å². The summed E-state index contributed by atoms with van der Waals surface area (Å²) in [5.74, 6) is -6.27. The molecule has 9 nitrogen and oxygen atoms in total. The maximum absolute atomic E-state index is 15.6. The Bertz CT molecular complexity index is 2230. The lowest BCUT2D eigenvalue weighted by Crippen LogP contribution is -2.43. The van der Waals surface area contributed by atoms with E-state index in [9.17, 15) is 27.5 Å². The molecule has 1 aromatic heterocycles. The molecule has 0 spiro atoms. The van der Waals surface area contributed by atoms with E-state index in [1.165, 1.54) is 41.6 Å². The number of pyridine rings is 1. The number of benzene rings is 3. The molecule has 14 heteroatoms. The number of sulfonamides is 1. The monoisotopic (exact) mass is 827 g/mol. The zero-order valence-electron chi connectivity index (χ0n) is 30.6. The number of rotatable bonds is 13. The van der Waals surface area contributed by atoms with Gasteiger partial charge in [-0.25, -0.2) is 26.4 Å². The zero-order valence-corrected chi connectivity index (χ0v) is 33.0. The molecule has 0 radical (unpaired) electrons. The van der Waals surface area contributed by atoms with E-state index in [1.54, 1.807) is 6.92 Å². The molecule has 0 unspecified atom stereocenters. The number of hydrogen-bond donors (Lipinski definition) is 1. The molecule has 2 fully saturated rings. The first-order valence-electron chi connectivity index (χ1n) is 17.6. The number of anilines is 1. The van der Waals surface area contributed by atoms with Crippen molar-refractivity contribution in [3.8, 4) is 5.75 Å². The van der Waals surface area contributed by atoms with Gasteiger partial charge in [-0.05, 0) is 119 Å². The second kappa shape index (κ2) is 15.1. The lowest BCUT2D eigenvalue weighted by Gasteiger charge is -2.30. The van der Waals surface area contributed by atoms with Gasteiger partial charge < -0.3 is 14.7 Å². The van der Waals surface area contributed by atoms with E-state index >= 15 is 8.78 Å². The van der Waals surface area contributed by atoms with Crippen molar-refractivity contribution in [2.45, 2.75) is 95.7 Å². The molecule has 3 aromatic carbocycles. The molecule has 1 amide bonds. The summed E-state index contributed by atoms with van der Waals surface area (Å²) in [6.07, 6.45) is 6.22. The smallest absolute Gasteiger partial charge is 0.335 e. The summed E-state index contributed by atoms with van der Waals surface area (Å²) in [5, 5.41) is 9.81. The highest BCUT2D eigenvalue weighted by Crippen LogP contribution is 2.43. The Morgan fingerprint density at radius 3 is 2.28 bits per heavy atom. The number of carboxylic acids is 1. The van der Waals surface area contributed by atoms with Crippen LogP contribution in [-0.2, 0) is 33.3 Å². The fourth-order valence-electron chi connectivity index (χ4n) is 6.12. The van der Waals surface area contributed by atoms with E-state index in [1.807, 2.05) is 12.1 Å². The van der Waals surface area contributed by atoms with Crippen LogP contribution in [0.2, 0.25) is 0 Å². The first-order chi connectivity index (χ1) is 25.4. The van der Waals surface area contributed by atoms with Crippen molar-refractivity contribution in [2.75, 3.05) is 11.4 Å². The first kappa shape index (κ1) is 39.4. The van der Waals surface area contributed by atoms with E-state index < -0.39 is 67.4 Å². The number of hydrogen-bond acceptors (Lipinski definition) is 6. The summed E-state index contributed by atoms with van der Waals surface area (Å²) >= 11 is 2.84. The third-order valence-electron chi connectivity index (χ3n) is 9.72. The van der Waals surface area contributed by atoms with Crippen LogP contribution in [0.15, 0.2) is 64.2 Å². The number of amides is 1. The maximum atomic E-state index is 15.6. The van der Waals surface area contributed by atoms with Crippen LogP contribution >= 0.6 is 15.9 Å². The molecule has 0 bridgehead atoms. The van der Waals surface area contributed by atoms with Crippen LogP contribution in [-0.4, -0.2) is 47.3 Å². The number of carbonyl (C=O) groups excluding carboxylic acids is 1. The van der Waals surface area contributed by atoms with E-state index in [-0.39, 0.29) is 35.1 Å². The van der Waals surface area contributed by atoms with Crippen LogP contribution in [0.4, 0.5) is 18.9 Å². The number of ether oxygens (including phenoxy) is 1. The molecule has 4 aromatic rings. The van der Waals surface area contributed by atoms with Crippen molar-refractivity contribution in [1.82, 2.24) is 9.29 Å². The van der Waals surface area contributed by atoms with Gasteiger partial charge >= 0.3 is 5.97 Å². The summed E-state index contributed by atoms with van der Waals surface area (Å²) in [7, 11) is -5.14. The summed E-state index contributed by atoms with van der Waals surface area (Å²) in [6.45, 7) is 7.45. The third kappa shape index (κ3) is 8.35. The zero-order chi connectivity index (χ0) is 39.3. The predicted octanol–water partition coefficient (Wildman–Crippen LogP) is 8.72. The summed E-state index contributed by atoms with van der Waals surface area (Å²) in [5.41, 5.74) is 3.01. The number of aromatic nitrogens is 1. The number of nitrogens with zero attached hydrogens (tertiary/aromatic N) is 3. The van der Waals surface area contributed by atoms with Gasteiger partial charge in [0.2, 0.25) is 15.9 Å². The minimum Gasteiger partial charge on any atom is -0.488 e. The SMILES string of the molecule is Cc1cnccc1CN(CC(=O)N(Cc1cc(C2CC2)cc(C(C)(C)C)c1)c1ccc(C(=O)O)cc1OC1CC1)S(=O)(=O)c1c(F)c(F)c(C)c(F)c1Br. The van der Waals surface area contributed by atoms with Crippen LogP contribution in [0.5, 0.6) is 5.75 Å². The lowest BCUT2D eigenvalue weighted by molar-refractivity contribution is -0.119. The molecule has 54 heavy (non-hydrogen) atoms. The second-order valence-corrected chi connectivity index (χ2v) is 17.7. The summed E-state index contributed by atoms with van der Waals surface area (Å²) in [6, 6.07) is 11.8. The molecule has 286 valence electrons. The predicted molar refractivity (Wildman–Crippen MR) is 201 cm³/mol. The quantitative estimate of drug-likeness (QED) is 0.134. The standard InChI is InChI=1S/C40H41BrF3N3O6S/c1-22-18-45-13-12-27(22)20-46(54(51,52)38-34(41)35(42)23(2)36(43)37(38)44)21-33(48)47(31-11-8-26(39(49)50)17-32(31)53-30-9-10-30)19-24-14-28(25-6-7-25)16-29(15-24)40(3,4)5/h8,11-18,25,30H,6-7,9-10,19-21H2,1-5H3,(H,49,50). The van der Waals surface area contributed by atoms with Gasteiger partial charge in [-0.3, -0.25) is 9.78 Å². The highest BCUT2D eigenvalue weighted by Gasteiger charge is 2.38. The Labute approximate surface area is 321 Å². The number of aryl methyl sites for hydroxylation is 1. The van der Waals surface area contributed by atoms with Gasteiger partial charge in [0.1, 0.15) is 16.5 Å². The number of carbonyl (C=O) groups is 2. The van der Waals surface area contributed by atoms with E-state index in [4.69, 9.17) is 4.74 Å². The molecule has 2 aliphatic rings. The van der Waals surface area contributed by atoms with Crippen LogP contribution in [0.1, 0.15) is 96.1 Å². The van der Waals surface area contributed by atoms with Gasteiger partial charge in [-0.1, -0.05) is 39.0 Å². The average Bonchev–Trinajstić information content (AvgIpc) is 4.05. The topological polar surface area (TPSA) is 117 Å². The Morgan fingerprint density at radius 1 is 0.963 bits per heavy atom.